The molecule has 0 fully saturated rings. The molecule has 2 aromatic heterocycles. The summed E-state index contributed by atoms with van der Waals surface area (Å²) in [4.78, 5) is 16.5. The third-order valence-corrected chi connectivity index (χ3v) is 3.43. The molecule has 0 N–H and O–H groups in total. The first-order valence-corrected chi connectivity index (χ1v) is 5.92. The third-order valence-electron chi connectivity index (χ3n) is 1.94. The maximum absolute atomic E-state index is 11.6. The van der Waals surface area contributed by atoms with E-state index in [1.54, 1.807) is 0 Å². The fourth-order valence-corrected chi connectivity index (χ4v) is 2.24. The summed E-state index contributed by atoms with van der Waals surface area (Å²) in [7, 11) is 0. The number of nitrogens with zero attached hydrogens (tertiary/aromatic N) is 3. The molecular formula is C9H10ClN3OS. The molecule has 0 bridgehead atoms. The topological polar surface area (TPSA) is 47.3 Å². The average molecular weight is 244 g/mol. The Hall–Kier alpha value is -0.940. The Balaban J connectivity index is 2.70. The zero-order chi connectivity index (χ0) is 11.0. The smallest absolute Gasteiger partial charge is 0.267 e. The van der Waals surface area contributed by atoms with E-state index in [4.69, 9.17) is 11.6 Å². The van der Waals surface area contributed by atoms with E-state index in [0.29, 0.717) is 16.6 Å². The van der Waals surface area contributed by atoms with Gasteiger partial charge in [-0.1, -0.05) is 25.2 Å². The Morgan fingerprint density at radius 1 is 1.60 bits per heavy atom. The van der Waals surface area contributed by atoms with Crippen molar-refractivity contribution < 1.29 is 0 Å². The predicted octanol–water partition coefficient (Wildman–Crippen LogP) is 2.01. The van der Waals surface area contributed by atoms with Gasteiger partial charge in [-0.15, -0.1) is 11.6 Å². The first kappa shape index (κ1) is 10.6. The van der Waals surface area contributed by atoms with Gasteiger partial charge >= 0.3 is 0 Å². The first-order valence-electron chi connectivity index (χ1n) is 4.57. The number of fused-ring (bicyclic) bond motifs is 1. The van der Waals surface area contributed by atoms with Crippen LogP contribution in [-0.2, 0) is 5.88 Å². The van der Waals surface area contributed by atoms with Crippen LogP contribution in [0.3, 0.4) is 0 Å². The number of hydrogen-bond donors (Lipinski definition) is 0. The molecule has 0 saturated heterocycles. The van der Waals surface area contributed by atoms with Gasteiger partial charge in [-0.25, -0.2) is 4.98 Å². The van der Waals surface area contributed by atoms with Gasteiger partial charge in [0.1, 0.15) is 5.01 Å². The molecule has 0 aromatic carbocycles. The van der Waals surface area contributed by atoms with Gasteiger partial charge in [0, 0.05) is 12.0 Å². The van der Waals surface area contributed by atoms with Crippen LogP contribution in [0.4, 0.5) is 0 Å². The highest BCUT2D eigenvalue weighted by atomic mass is 35.5. The van der Waals surface area contributed by atoms with Crippen molar-refractivity contribution in [2.75, 3.05) is 0 Å². The predicted molar refractivity (Wildman–Crippen MR) is 60.8 cm³/mol. The summed E-state index contributed by atoms with van der Waals surface area (Å²) < 4.78 is 1.33. The van der Waals surface area contributed by atoms with Crippen LogP contribution in [0.15, 0.2) is 10.9 Å². The molecule has 0 aliphatic rings. The molecule has 0 atom stereocenters. The fraction of sp³-hybridized carbons (Fsp3) is 0.444. The number of halogens is 1. The van der Waals surface area contributed by atoms with Crippen molar-refractivity contribution in [1.82, 2.24) is 14.6 Å². The van der Waals surface area contributed by atoms with Gasteiger partial charge in [-0.2, -0.15) is 9.61 Å². The molecule has 0 amide bonds. The lowest BCUT2D eigenvalue weighted by Gasteiger charge is -1.93. The summed E-state index contributed by atoms with van der Waals surface area (Å²) in [5, 5.41) is 5.11. The molecule has 0 aliphatic carbocycles. The Morgan fingerprint density at radius 3 is 2.93 bits per heavy atom. The van der Waals surface area contributed by atoms with Gasteiger partial charge in [0.25, 0.3) is 5.56 Å². The van der Waals surface area contributed by atoms with E-state index in [-0.39, 0.29) is 11.4 Å². The maximum atomic E-state index is 11.6. The summed E-state index contributed by atoms with van der Waals surface area (Å²) in [5.41, 5.74) is 0.430. The molecule has 2 aromatic rings. The van der Waals surface area contributed by atoms with Crippen molar-refractivity contribution in [2.24, 2.45) is 0 Å². The van der Waals surface area contributed by atoms with Gasteiger partial charge in [0.2, 0.25) is 4.96 Å². The van der Waals surface area contributed by atoms with Crippen molar-refractivity contribution >= 4 is 27.9 Å². The van der Waals surface area contributed by atoms with E-state index < -0.39 is 0 Å². The fourth-order valence-electron chi connectivity index (χ4n) is 1.17. The minimum Gasteiger partial charge on any atom is -0.267 e. The van der Waals surface area contributed by atoms with E-state index in [1.165, 1.54) is 21.9 Å². The van der Waals surface area contributed by atoms with Crippen molar-refractivity contribution in [3.63, 3.8) is 0 Å². The molecule has 15 heavy (non-hydrogen) atoms. The van der Waals surface area contributed by atoms with Crippen LogP contribution in [0, 0.1) is 0 Å². The third kappa shape index (κ3) is 1.89. The van der Waals surface area contributed by atoms with Gasteiger partial charge in [-0.3, -0.25) is 4.79 Å². The zero-order valence-electron chi connectivity index (χ0n) is 8.40. The molecule has 0 aliphatic heterocycles. The SMILES string of the molecule is CC(C)c1nn2c(=O)cc(CCl)nc2s1. The van der Waals surface area contributed by atoms with Gasteiger partial charge in [-0.05, 0) is 0 Å². The molecule has 0 saturated carbocycles. The van der Waals surface area contributed by atoms with Gasteiger partial charge < -0.3 is 0 Å². The lowest BCUT2D eigenvalue weighted by molar-refractivity contribution is 0.782. The molecule has 6 heteroatoms. The van der Waals surface area contributed by atoms with Crippen molar-refractivity contribution in [3.8, 4) is 0 Å². The lowest BCUT2D eigenvalue weighted by atomic mass is 10.2. The van der Waals surface area contributed by atoms with Gasteiger partial charge in [0.15, 0.2) is 0 Å². The van der Waals surface area contributed by atoms with E-state index in [0.717, 1.165) is 5.01 Å². The summed E-state index contributed by atoms with van der Waals surface area (Å²) in [6.07, 6.45) is 0. The Morgan fingerprint density at radius 2 is 2.33 bits per heavy atom. The molecule has 4 nitrogen and oxygen atoms in total. The van der Waals surface area contributed by atoms with Crippen LogP contribution in [0.5, 0.6) is 0 Å². The highest BCUT2D eigenvalue weighted by Crippen LogP contribution is 2.19. The van der Waals surface area contributed by atoms with Crippen LogP contribution >= 0.6 is 22.9 Å². The largest absolute Gasteiger partial charge is 0.275 e. The number of alkyl halides is 1. The van der Waals surface area contributed by atoms with Crippen LogP contribution in [0.1, 0.15) is 30.5 Å². The zero-order valence-corrected chi connectivity index (χ0v) is 9.97. The Bertz CT molecular complexity index is 546. The molecule has 2 heterocycles. The van der Waals surface area contributed by atoms with Crippen molar-refractivity contribution in [2.45, 2.75) is 25.6 Å². The number of hydrogen-bond acceptors (Lipinski definition) is 4. The summed E-state index contributed by atoms with van der Waals surface area (Å²) >= 11 is 7.07. The minimum atomic E-state index is -0.168. The van der Waals surface area contributed by atoms with E-state index in [1.807, 2.05) is 13.8 Å². The first-order chi connectivity index (χ1) is 7.11. The molecular weight excluding hydrogens is 234 g/mol. The molecule has 2 rings (SSSR count). The van der Waals surface area contributed by atoms with E-state index in [9.17, 15) is 4.79 Å². The molecule has 0 radical (unpaired) electrons. The second-order valence-electron chi connectivity index (χ2n) is 3.51. The molecule has 0 spiro atoms. The van der Waals surface area contributed by atoms with Crippen molar-refractivity contribution in [1.29, 1.82) is 0 Å². The van der Waals surface area contributed by atoms with Crippen LogP contribution in [0.25, 0.3) is 4.96 Å². The maximum Gasteiger partial charge on any atom is 0.275 e. The molecule has 0 unspecified atom stereocenters. The van der Waals surface area contributed by atoms with Crippen LogP contribution in [0.2, 0.25) is 0 Å². The normalized spacial score (nSPS) is 11.5. The second-order valence-corrected chi connectivity index (χ2v) is 4.76. The minimum absolute atomic E-state index is 0.168. The number of rotatable bonds is 2. The van der Waals surface area contributed by atoms with Crippen LogP contribution in [-0.4, -0.2) is 14.6 Å². The highest BCUT2D eigenvalue weighted by molar-refractivity contribution is 7.16. The highest BCUT2D eigenvalue weighted by Gasteiger charge is 2.10. The quantitative estimate of drug-likeness (QED) is 0.758. The Labute approximate surface area is 95.5 Å². The Kier molecular flexibility index (Phi) is 2.75. The monoisotopic (exact) mass is 243 g/mol. The average Bonchev–Trinajstić information content (AvgIpc) is 2.61. The summed E-state index contributed by atoms with van der Waals surface area (Å²) in [5.74, 6) is 0.552. The van der Waals surface area contributed by atoms with E-state index in [2.05, 4.69) is 10.1 Å². The second kappa shape index (κ2) is 3.90. The van der Waals surface area contributed by atoms with Gasteiger partial charge in [0.05, 0.1) is 11.6 Å². The summed E-state index contributed by atoms with van der Waals surface area (Å²) in [6, 6.07) is 1.42. The van der Waals surface area contributed by atoms with Crippen LogP contribution < -0.4 is 5.56 Å². The standard InChI is InChI=1S/C9H10ClN3OS/c1-5(2)8-12-13-7(14)3-6(4-10)11-9(13)15-8/h3,5H,4H2,1-2H3. The summed E-state index contributed by atoms with van der Waals surface area (Å²) in [6.45, 7) is 4.07. The van der Waals surface area contributed by atoms with Crippen molar-refractivity contribution in [3.05, 3.63) is 27.1 Å². The molecule has 80 valence electrons. The lowest BCUT2D eigenvalue weighted by Crippen LogP contribution is -2.15. The van der Waals surface area contributed by atoms with E-state index >= 15 is 0 Å². The number of aromatic nitrogens is 3.